The predicted octanol–water partition coefficient (Wildman–Crippen LogP) is 4.91. The molecule has 1 heterocycles. The van der Waals surface area contributed by atoms with Gasteiger partial charge < -0.3 is 9.64 Å². The second-order valence-electron chi connectivity index (χ2n) is 8.24. The molecule has 1 aliphatic rings. The number of hydrogen-bond donors (Lipinski definition) is 0. The summed E-state index contributed by atoms with van der Waals surface area (Å²) < 4.78 is 5.25. The molecule has 0 unspecified atom stereocenters. The van der Waals surface area contributed by atoms with E-state index >= 15 is 0 Å². The first kappa shape index (κ1) is 21.4. The summed E-state index contributed by atoms with van der Waals surface area (Å²) >= 11 is 0. The van der Waals surface area contributed by atoms with E-state index in [4.69, 9.17) is 4.74 Å². The second kappa shape index (κ2) is 9.93. The van der Waals surface area contributed by atoms with Crippen LogP contribution in [0.15, 0.2) is 48.5 Å². The molecule has 2 aromatic carbocycles. The molecule has 1 aliphatic heterocycles. The summed E-state index contributed by atoms with van der Waals surface area (Å²) in [5.74, 6) is 1.12. The van der Waals surface area contributed by atoms with Crippen molar-refractivity contribution < 1.29 is 9.53 Å². The zero-order valence-electron chi connectivity index (χ0n) is 18.2. The van der Waals surface area contributed by atoms with Crippen LogP contribution in [0.3, 0.4) is 0 Å². The van der Waals surface area contributed by atoms with Crippen molar-refractivity contribution in [2.75, 3.05) is 25.1 Å². The number of hydrogen-bond acceptors (Lipinski definition) is 3. The van der Waals surface area contributed by atoms with Gasteiger partial charge in [-0.2, -0.15) is 0 Å². The van der Waals surface area contributed by atoms with Gasteiger partial charge in [0, 0.05) is 37.3 Å². The van der Waals surface area contributed by atoms with Crippen molar-refractivity contribution in [2.45, 2.75) is 52.6 Å². The summed E-state index contributed by atoms with van der Waals surface area (Å²) in [5.41, 5.74) is 3.64. The third kappa shape index (κ3) is 5.39. The lowest BCUT2D eigenvalue weighted by molar-refractivity contribution is -0.122. The fourth-order valence-corrected chi connectivity index (χ4v) is 4.01. The highest BCUT2D eigenvalue weighted by Crippen LogP contribution is 2.27. The highest BCUT2D eigenvalue weighted by Gasteiger charge is 2.30. The number of methoxy groups -OCH3 is 1. The molecule has 156 valence electrons. The Morgan fingerprint density at radius 2 is 1.62 bits per heavy atom. The van der Waals surface area contributed by atoms with Gasteiger partial charge in [-0.3, -0.25) is 9.69 Å². The Kier molecular flexibility index (Phi) is 7.32. The zero-order chi connectivity index (χ0) is 20.8. The highest BCUT2D eigenvalue weighted by molar-refractivity contribution is 5.95. The van der Waals surface area contributed by atoms with Crippen LogP contribution in [0.2, 0.25) is 0 Å². The number of rotatable bonds is 7. The summed E-state index contributed by atoms with van der Waals surface area (Å²) in [6, 6.07) is 17.1. The first-order valence-corrected chi connectivity index (χ1v) is 10.8. The summed E-state index contributed by atoms with van der Waals surface area (Å²) in [7, 11) is 1.69. The van der Waals surface area contributed by atoms with Gasteiger partial charge in [0.05, 0.1) is 7.11 Å². The molecule has 29 heavy (non-hydrogen) atoms. The summed E-state index contributed by atoms with van der Waals surface area (Å²) in [4.78, 5) is 17.6. The normalized spacial score (nSPS) is 15.5. The Labute approximate surface area is 175 Å². The average molecular weight is 395 g/mol. The van der Waals surface area contributed by atoms with Crippen molar-refractivity contribution in [1.82, 2.24) is 4.90 Å². The van der Waals surface area contributed by atoms with Gasteiger partial charge in [0.2, 0.25) is 5.91 Å². The predicted molar refractivity (Wildman–Crippen MR) is 119 cm³/mol. The van der Waals surface area contributed by atoms with Crippen molar-refractivity contribution in [3.05, 3.63) is 59.7 Å². The van der Waals surface area contributed by atoms with Crippen LogP contribution in [0.5, 0.6) is 5.75 Å². The lowest BCUT2D eigenvalue weighted by Crippen LogP contribution is -2.48. The molecule has 1 saturated heterocycles. The third-order valence-corrected chi connectivity index (χ3v) is 5.84. The minimum Gasteiger partial charge on any atom is -0.497 e. The molecule has 0 aliphatic carbocycles. The van der Waals surface area contributed by atoms with E-state index in [1.165, 1.54) is 11.1 Å². The molecule has 0 bridgehead atoms. The number of carbonyl (C=O) groups excluding carboxylic acids is 1. The molecule has 0 spiro atoms. The maximum Gasteiger partial charge on any atom is 0.229 e. The molecule has 2 aromatic rings. The van der Waals surface area contributed by atoms with Gasteiger partial charge in [0.25, 0.3) is 0 Å². The van der Waals surface area contributed by atoms with E-state index in [1.807, 2.05) is 26.0 Å². The van der Waals surface area contributed by atoms with Crippen LogP contribution in [0, 0.1) is 5.92 Å². The van der Waals surface area contributed by atoms with Gasteiger partial charge in [0.1, 0.15) is 5.75 Å². The smallest absolute Gasteiger partial charge is 0.229 e. The molecular formula is C25H34N2O2. The maximum atomic E-state index is 13.0. The van der Waals surface area contributed by atoms with Crippen molar-refractivity contribution in [2.24, 2.45) is 5.92 Å². The molecule has 4 nitrogen and oxygen atoms in total. The molecular weight excluding hydrogens is 360 g/mol. The lowest BCUT2D eigenvalue weighted by Gasteiger charge is -2.39. The first-order valence-electron chi connectivity index (χ1n) is 10.8. The van der Waals surface area contributed by atoms with Gasteiger partial charge in [-0.15, -0.1) is 0 Å². The van der Waals surface area contributed by atoms with Crippen LogP contribution in [-0.4, -0.2) is 37.0 Å². The van der Waals surface area contributed by atoms with Gasteiger partial charge in [-0.25, -0.2) is 0 Å². The quantitative estimate of drug-likeness (QED) is 0.669. The van der Waals surface area contributed by atoms with E-state index < -0.39 is 0 Å². The van der Waals surface area contributed by atoms with E-state index in [-0.39, 0.29) is 17.9 Å². The molecule has 1 amide bonds. The Morgan fingerprint density at radius 1 is 1.03 bits per heavy atom. The maximum absolute atomic E-state index is 13.0. The summed E-state index contributed by atoms with van der Waals surface area (Å²) in [5, 5.41) is 0. The second-order valence-corrected chi connectivity index (χ2v) is 8.24. The Morgan fingerprint density at radius 3 is 2.14 bits per heavy atom. The number of piperidine rings is 1. The molecule has 1 fully saturated rings. The number of anilines is 1. The monoisotopic (exact) mass is 394 g/mol. The Balaban J connectivity index is 1.66. The van der Waals surface area contributed by atoms with Gasteiger partial charge >= 0.3 is 0 Å². The van der Waals surface area contributed by atoms with E-state index in [2.05, 4.69) is 53.1 Å². The van der Waals surface area contributed by atoms with Crippen LogP contribution in [0.25, 0.3) is 0 Å². The van der Waals surface area contributed by atoms with Crippen molar-refractivity contribution >= 4 is 11.6 Å². The van der Waals surface area contributed by atoms with Crippen LogP contribution in [0.4, 0.5) is 5.69 Å². The van der Waals surface area contributed by atoms with Gasteiger partial charge in [-0.1, -0.05) is 45.0 Å². The van der Waals surface area contributed by atoms with E-state index in [1.54, 1.807) is 7.11 Å². The van der Waals surface area contributed by atoms with Crippen LogP contribution in [-0.2, 0) is 17.8 Å². The van der Waals surface area contributed by atoms with Crippen LogP contribution >= 0.6 is 0 Å². The van der Waals surface area contributed by atoms with Crippen molar-refractivity contribution in [3.63, 3.8) is 0 Å². The fraction of sp³-hybridized carbons (Fsp3) is 0.480. The molecule has 4 heteroatoms. The van der Waals surface area contributed by atoms with Crippen molar-refractivity contribution in [3.8, 4) is 5.75 Å². The topological polar surface area (TPSA) is 32.8 Å². The Hall–Kier alpha value is -2.33. The average Bonchev–Trinajstić information content (AvgIpc) is 2.76. The molecule has 0 atom stereocenters. The number of nitrogens with zero attached hydrogens (tertiary/aromatic N) is 2. The molecule has 0 N–H and O–H groups in total. The van der Waals surface area contributed by atoms with E-state index in [9.17, 15) is 4.79 Å². The largest absolute Gasteiger partial charge is 0.497 e. The SMILES string of the molecule is CCc1ccc(N(C(=O)C(C)C)C2CCN(Cc3ccc(OC)cc3)CC2)cc1. The number of aryl methyl sites for hydroxylation is 1. The lowest BCUT2D eigenvalue weighted by atomic mass is 9.99. The van der Waals surface area contributed by atoms with Crippen molar-refractivity contribution in [1.29, 1.82) is 0 Å². The van der Waals surface area contributed by atoms with Crippen LogP contribution in [0.1, 0.15) is 44.7 Å². The molecule has 3 rings (SSSR count). The van der Waals surface area contributed by atoms with E-state index in [0.29, 0.717) is 0 Å². The first-order chi connectivity index (χ1) is 14.0. The minimum absolute atomic E-state index is 0.00168. The number of carbonyl (C=O) groups is 1. The number of likely N-dealkylation sites (tertiary alicyclic amines) is 1. The van der Waals surface area contributed by atoms with Gasteiger partial charge in [0.15, 0.2) is 0 Å². The molecule has 0 aromatic heterocycles. The minimum atomic E-state index is -0.00168. The zero-order valence-corrected chi connectivity index (χ0v) is 18.2. The third-order valence-electron chi connectivity index (χ3n) is 5.84. The fourth-order valence-electron chi connectivity index (χ4n) is 4.01. The summed E-state index contributed by atoms with van der Waals surface area (Å²) in [6.07, 6.45) is 3.02. The number of ether oxygens (including phenoxy) is 1. The molecule has 0 saturated carbocycles. The number of benzene rings is 2. The Bertz CT molecular complexity index is 775. The van der Waals surface area contributed by atoms with Crippen LogP contribution < -0.4 is 9.64 Å². The highest BCUT2D eigenvalue weighted by atomic mass is 16.5. The standard InChI is InChI=1S/C25H34N2O2/c1-5-20-6-10-22(11-7-20)27(25(28)19(2)3)23-14-16-26(17-15-23)18-21-8-12-24(29-4)13-9-21/h6-13,19,23H,5,14-18H2,1-4H3. The summed E-state index contributed by atoms with van der Waals surface area (Å²) in [6.45, 7) is 9.10. The number of amides is 1. The van der Waals surface area contributed by atoms with E-state index in [0.717, 1.165) is 50.3 Å². The molecule has 0 radical (unpaired) electrons. The van der Waals surface area contributed by atoms with Gasteiger partial charge in [-0.05, 0) is 54.7 Å².